The van der Waals surface area contributed by atoms with E-state index < -0.39 is 17.5 Å². The van der Waals surface area contributed by atoms with E-state index in [4.69, 9.17) is 5.11 Å². The van der Waals surface area contributed by atoms with E-state index in [2.05, 4.69) is 0 Å². The number of aliphatic hydroxyl groups is 1. The highest BCUT2D eigenvalue weighted by atomic mass is 16.4. The first kappa shape index (κ1) is 9.43. The number of carboxylic acids is 1. The Kier molecular flexibility index (Phi) is 2.84. The normalized spacial score (nSPS) is 14.8. The van der Waals surface area contributed by atoms with Gasteiger partial charge in [-0.1, -0.05) is 6.92 Å². The lowest BCUT2D eigenvalue weighted by molar-refractivity contribution is -0.150. The number of carbonyl (C=O) groups is 1. The molecule has 0 aromatic rings. The van der Waals surface area contributed by atoms with Crippen molar-refractivity contribution < 1.29 is 15.0 Å². The van der Waals surface area contributed by atoms with Crippen LogP contribution in [0.5, 0.6) is 0 Å². The summed E-state index contributed by atoms with van der Waals surface area (Å²) in [6.45, 7) is 4.77. The predicted molar refractivity (Wildman–Crippen MR) is 37.7 cm³/mol. The Morgan fingerprint density at radius 3 is 2.00 bits per heavy atom. The van der Waals surface area contributed by atoms with E-state index in [9.17, 15) is 9.90 Å². The van der Waals surface area contributed by atoms with E-state index in [-0.39, 0.29) is 0 Å². The summed E-state index contributed by atoms with van der Waals surface area (Å²) in [6, 6.07) is 0. The molecule has 0 rings (SSSR count). The second-order valence-electron chi connectivity index (χ2n) is 2.95. The SMILES string of the molecule is CC[C@@H](C(=O)O)C(C)(C)O. The van der Waals surface area contributed by atoms with Gasteiger partial charge in [-0.05, 0) is 20.3 Å². The summed E-state index contributed by atoms with van der Waals surface area (Å²) in [5.41, 5.74) is -1.11. The molecule has 2 N–H and O–H groups in total. The molecule has 0 aliphatic carbocycles. The largest absolute Gasteiger partial charge is 0.481 e. The van der Waals surface area contributed by atoms with Crippen molar-refractivity contribution in [3.05, 3.63) is 0 Å². The molecule has 0 unspecified atom stereocenters. The lowest BCUT2D eigenvalue weighted by Gasteiger charge is -2.23. The van der Waals surface area contributed by atoms with Crippen molar-refractivity contribution in [2.75, 3.05) is 0 Å². The molecule has 0 aromatic heterocycles. The smallest absolute Gasteiger partial charge is 0.309 e. The average Bonchev–Trinajstić information content (AvgIpc) is 1.60. The summed E-state index contributed by atoms with van der Waals surface area (Å²) in [4.78, 5) is 10.4. The Bertz CT molecular complexity index is 123. The zero-order chi connectivity index (χ0) is 8.36. The molecular weight excluding hydrogens is 132 g/mol. The lowest BCUT2D eigenvalue weighted by Crippen LogP contribution is -2.36. The maximum atomic E-state index is 10.4. The van der Waals surface area contributed by atoms with Crippen LogP contribution in [-0.2, 0) is 4.79 Å². The molecule has 3 heteroatoms. The van der Waals surface area contributed by atoms with Crippen molar-refractivity contribution >= 4 is 5.97 Å². The zero-order valence-electron chi connectivity index (χ0n) is 6.59. The van der Waals surface area contributed by atoms with Gasteiger partial charge >= 0.3 is 5.97 Å². The van der Waals surface area contributed by atoms with E-state index in [1.54, 1.807) is 6.92 Å². The minimum Gasteiger partial charge on any atom is -0.481 e. The fraction of sp³-hybridized carbons (Fsp3) is 0.857. The molecular formula is C7H14O3. The maximum Gasteiger partial charge on any atom is 0.309 e. The predicted octanol–water partition coefficient (Wildman–Crippen LogP) is 0.868. The van der Waals surface area contributed by atoms with Gasteiger partial charge in [-0.3, -0.25) is 4.79 Å². The molecule has 0 aromatic carbocycles. The van der Waals surface area contributed by atoms with Crippen LogP contribution in [-0.4, -0.2) is 21.8 Å². The van der Waals surface area contributed by atoms with E-state index in [0.29, 0.717) is 6.42 Å². The van der Waals surface area contributed by atoms with Gasteiger partial charge in [0.25, 0.3) is 0 Å². The first-order valence-electron chi connectivity index (χ1n) is 3.34. The fourth-order valence-electron chi connectivity index (χ4n) is 0.976. The summed E-state index contributed by atoms with van der Waals surface area (Å²) in [5, 5.41) is 17.8. The van der Waals surface area contributed by atoms with Gasteiger partial charge in [-0.2, -0.15) is 0 Å². The molecule has 0 aliphatic rings. The molecule has 3 nitrogen and oxygen atoms in total. The van der Waals surface area contributed by atoms with E-state index >= 15 is 0 Å². The first-order chi connectivity index (χ1) is 4.39. The Hall–Kier alpha value is -0.570. The van der Waals surface area contributed by atoms with Crippen molar-refractivity contribution in [2.24, 2.45) is 5.92 Å². The van der Waals surface area contributed by atoms with Crippen LogP contribution >= 0.6 is 0 Å². The highest BCUT2D eigenvalue weighted by Crippen LogP contribution is 2.19. The van der Waals surface area contributed by atoms with Crippen molar-refractivity contribution in [1.82, 2.24) is 0 Å². The van der Waals surface area contributed by atoms with Crippen LogP contribution in [0.3, 0.4) is 0 Å². The molecule has 0 bridgehead atoms. The molecule has 0 saturated heterocycles. The molecule has 0 fully saturated rings. The van der Waals surface area contributed by atoms with E-state index in [0.717, 1.165) is 0 Å². The average molecular weight is 146 g/mol. The minimum atomic E-state index is -1.11. The standard InChI is InChI=1S/C7H14O3/c1-4-5(6(8)9)7(2,3)10/h5,10H,4H2,1-3H3,(H,8,9)/t5-/m0/s1. The van der Waals surface area contributed by atoms with Crippen molar-refractivity contribution in [1.29, 1.82) is 0 Å². The number of carboxylic acid groups (broad SMARTS) is 1. The van der Waals surface area contributed by atoms with Crippen molar-refractivity contribution in [2.45, 2.75) is 32.8 Å². The number of hydrogen-bond donors (Lipinski definition) is 2. The van der Waals surface area contributed by atoms with Gasteiger partial charge < -0.3 is 10.2 Å². The number of aliphatic carboxylic acids is 1. The Balaban J connectivity index is 4.22. The molecule has 0 aliphatic heterocycles. The number of hydrogen-bond acceptors (Lipinski definition) is 2. The Morgan fingerprint density at radius 1 is 1.60 bits per heavy atom. The van der Waals surface area contributed by atoms with Gasteiger partial charge in [0.1, 0.15) is 0 Å². The highest BCUT2D eigenvalue weighted by molar-refractivity contribution is 5.71. The van der Waals surface area contributed by atoms with Crippen molar-refractivity contribution in [3.63, 3.8) is 0 Å². The van der Waals surface area contributed by atoms with Crippen LogP contribution in [0.4, 0.5) is 0 Å². The molecule has 0 saturated carbocycles. The topological polar surface area (TPSA) is 57.5 Å². The van der Waals surface area contributed by atoms with Gasteiger partial charge in [0.15, 0.2) is 0 Å². The van der Waals surface area contributed by atoms with E-state index in [1.165, 1.54) is 13.8 Å². The van der Waals surface area contributed by atoms with Gasteiger partial charge in [0, 0.05) is 0 Å². The second-order valence-corrected chi connectivity index (χ2v) is 2.95. The molecule has 0 spiro atoms. The minimum absolute atomic E-state index is 0.457. The monoisotopic (exact) mass is 146 g/mol. The summed E-state index contributed by atoms with van der Waals surface area (Å²) in [5.74, 6) is -1.59. The summed E-state index contributed by atoms with van der Waals surface area (Å²) < 4.78 is 0. The van der Waals surface area contributed by atoms with Gasteiger partial charge in [0.2, 0.25) is 0 Å². The summed E-state index contributed by atoms with van der Waals surface area (Å²) in [6.07, 6.45) is 0.457. The van der Waals surface area contributed by atoms with Gasteiger partial charge in [-0.15, -0.1) is 0 Å². The van der Waals surface area contributed by atoms with Gasteiger partial charge in [0.05, 0.1) is 11.5 Å². The number of rotatable bonds is 3. The fourth-order valence-corrected chi connectivity index (χ4v) is 0.976. The Morgan fingerprint density at radius 2 is 2.00 bits per heavy atom. The van der Waals surface area contributed by atoms with E-state index in [1.807, 2.05) is 0 Å². The molecule has 0 radical (unpaired) electrons. The third-order valence-corrected chi connectivity index (χ3v) is 1.56. The molecule has 10 heavy (non-hydrogen) atoms. The molecule has 60 valence electrons. The molecule has 1 atom stereocenters. The van der Waals surface area contributed by atoms with Gasteiger partial charge in [-0.25, -0.2) is 0 Å². The second kappa shape index (κ2) is 3.01. The summed E-state index contributed by atoms with van der Waals surface area (Å²) >= 11 is 0. The third-order valence-electron chi connectivity index (χ3n) is 1.56. The zero-order valence-corrected chi connectivity index (χ0v) is 6.59. The maximum absolute atomic E-state index is 10.4. The van der Waals surface area contributed by atoms with Crippen molar-refractivity contribution in [3.8, 4) is 0 Å². The van der Waals surface area contributed by atoms with Crippen LogP contribution in [0.15, 0.2) is 0 Å². The summed E-state index contributed by atoms with van der Waals surface area (Å²) in [7, 11) is 0. The quantitative estimate of drug-likeness (QED) is 0.621. The van der Waals surface area contributed by atoms with Crippen LogP contribution < -0.4 is 0 Å². The third kappa shape index (κ3) is 2.35. The van der Waals surface area contributed by atoms with Crippen LogP contribution in [0.1, 0.15) is 27.2 Å². The first-order valence-corrected chi connectivity index (χ1v) is 3.34. The molecule has 0 heterocycles. The van der Waals surface area contributed by atoms with Crippen LogP contribution in [0, 0.1) is 5.92 Å². The lowest BCUT2D eigenvalue weighted by atomic mass is 9.89. The van der Waals surface area contributed by atoms with Crippen LogP contribution in [0.25, 0.3) is 0 Å². The van der Waals surface area contributed by atoms with Crippen LogP contribution in [0.2, 0.25) is 0 Å². The highest BCUT2D eigenvalue weighted by Gasteiger charge is 2.31. The Labute approximate surface area is 60.7 Å². The molecule has 0 amide bonds.